The number of carbonyl (C=O) groups excluding carboxylic acids is 2. The Balaban J connectivity index is 2.22. The molecule has 0 radical (unpaired) electrons. The molecule has 0 aliphatic heterocycles. The average molecular weight is 303 g/mol. The first-order chi connectivity index (χ1) is 10.4. The third-order valence-corrected chi connectivity index (χ3v) is 3.00. The van der Waals surface area contributed by atoms with E-state index in [-0.39, 0.29) is 23.1 Å². The first-order valence-electron chi connectivity index (χ1n) is 6.80. The number of carbonyl (C=O) groups is 2. The molecule has 2 rings (SSSR count). The average Bonchev–Trinajstić information content (AvgIpc) is 2.48. The fourth-order valence-corrected chi connectivity index (χ4v) is 2.07. The van der Waals surface area contributed by atoms with Crippen LogP contribution in [-0.2, 0) is 9.53 Å². The molecule has 0 saturated carbocycles. The molecule has 0 bridgehead atoms. The number of aromatic hydroxyl groups is 2. The van der Waals surface area contributed by atoms with Crippen LogP contribution in [0.15, 0.2) is 30.3 Å². The van der Waals surface area contributed by atoms with Crippen LogP contribution in [0.25, 0.3) is 10.8 Å². The van der Waals surface area contributed by atoms with Crippen molar-refractivity contribution in [1.82, 2.24) is 5.32 Å². The van der Waals surface area contributed by atoms with Crippen molar-refractivity contribution in [3.05, 3.63) is 35.9 Å². The molecule has 22 heavy (non-hydrogen) atoms. The van der Waals surface area contributed by atoms with E-state index < -0.39 is 18.5 Å². The molecular formula is C16H17NO5. The molecule has 0 heterocycles. The Labute approximate surface area is 127 Å². The van der Waals surface area contributed by atoms with Gasteiger partial charge in [-0.25, -0.2) is 4.79 Å². The lowest BCUT2D eigenvalue weighted by molar-refractivity contribution is -0.124. The lowest BCUT2D eigenvalue weighted by Gasteiger charge is -2.11. The molecule has 0 atom stereocenters. The summed E-state index contributed by atoms with van der Waals surface area (Å²) < 4.78 is 4.85. The molecule has 116 valence electrons. The van der Waals surface area contributed by atoms with Gasteiger partial charge in [0.25, 0.3) is 5.91 Å². The Kier molecular flexibility index (Phi) is 4.50. The van der Waals surface area contributed by atoms with Crippen molar-refractivity contribution in [3.63, 3.8) is 0 Å². The highest BCUT2D eigenvalue weighted by Gasteiger charge is 2.19. The molecule has 0 aromatic heterocycles. The minimum absolute atomic E-state index is 0.0654. The minimum Gasteiger partial charge on any atom is -0.507 e. The Morgan fingerprint density at radius 3 is 2.45 bits per heavy atom. The van der Waals surface area contributed by atoms with Crippen molar-refractivity contribution < 1.29 is 24.5 Å². The summed E-state index contributed by atoms with van der Waals surface area (Å²) in [6.07, 6.45) is 0. The summed E-state index contributed by atoms with van der Waals surface area (Å²) in [5.41, 5.74) is -0.187. The Bertz CT molecular complexity index is 724. The molecule has 1 amide bonds. The van der Waals surface area contributed by atoms with E-state index in [4.69, 9.17) is 4.74 Å². The molecule has 0 spiro atoms. The van der Waals surface area contributed by atoms with Crippen molar-refractivity contribution in [3.8, 4) is 11.5 Å². The summed E-state index contributed by atoms with van der Waals surface area (Å²) in [5.74, 6) is -1.75. The summed E-state index contributed by atoms with van der Waals surface area (Å²) in [7, 11) is 0. The van der Waals surface area contributed by atoms with Crippen molar-refractivity contribution in [2.24, 2.45) is 0 Å². The van der Waals surface area contributed by atoms with Crippen molar-refractivity contribution in [2.45, 2.75) is 19.9 Å². The molecule has 0 saturated heterocycles. The van der Waals surface area contributed by atoms with E-state index in [9.17, 15) is 19.8 Å². The van der Waals surface area contributed by atoms with E-state index in [2.05, 4.69) is 5.32 Å². The number of nitrogens with one attached hydrogen (secondary N) is 1. The van der Waals surface area contributed by atoms with Crippen molar-refractivity contribution in [1.29, 1.82) is 0 Å². The predicted octanol–water partition coefficient (Wildman–Crippen LogP) is 1.93. The van der Waals surface area contributed by atoms with Gasteiger partial charge in [0, 0.05) is 16.8 Å². The van der Waals surface area contributed by atoms with E-state index in [1.165, 1.54) is 0 Å². The van der Waals surface area contributed by atoms with Crippen LogP contribution < -0.4 is 5.32 Å². The maximum atomic E-state index is 12.0. The lowest BCUT2D eigenvalue weighted by Crippen LogP contribution is -2.34. The van der Waals surface area contributed by atoms with Crippen LogP contribution in [0.5, 0.6) is 11.5 Å². The molecule has 6 heteroatoms. The summed E-state index contributed by atoms with van der Waals surface area (Å²) in [5, 5.41) is 23.4. The molecular weight excluding hydrogens is 286 g/mol. The quantitative estimate of drug-likeness (QED) is 0.592. The van der Waals surface area contributed by atoms with E-state index in [0.717, 1.165) is 6.07 Å². The topological polar surface area (TPSA) is 95.9 Å². The maximum Gasteiger partial charge on any atom is 0.342 e. The highest BCUT2D eigenvalue weighted by atomic mass is 16.5. The van der Waals surface area contributed by atoms with E-state index in [1.54, 1.807) is 38.1 Å². The van der Waals surface area contributed by atoms with Gasteiger partial charge in [-0.05, 0) is 19.9 Å². The first kappa shape index (κ1) is 15.6. The number of amides is 1. The smallest absolute Gasteiger partial charge is 0.342 e. The number of fused-ring (bicyclic) bond motifs is 1. The highest BCUT2D eigenvalue weighted by molar-refractivity contribution is 6.04. The SMILES string of the molecule is CC(C)NC(=O)COC(=O)c1cc(O)c2ccccc2c1O. The second-order valence-electron chi connectivity index (χ2n) is 5.14. The van der Waals surface area contributed by atoms with Crippen LogP contribution in [0.2, 0.25) is 0 Å². The standard InChI is InChI=1S/C16H17NO5/c1-9(2)17-14(19)8-22-16(21)12-7-13(18)10-5-3-4-6-11(10)15(12)20/h3-7,9,18,20H,8H2,1-2H3,(H,17,19). The number of phenolic OH excluding ortho intramolecular Hbond substituents is 2. The van der Waals surface area contributed by atoms with E-state index >= 15 is 0 Å². The zero-order chi connectivity index (χ0) is 16.3. The second-order valence-corrected chi connectivity index (χ2v) is 5.14. The maximum absolute atomic E-state index is 12.0. The molecule has 0 aliphatic carbocycles. The number of esters is 1. The molecule has 6 nitrogen and oxygen atoms in total. The lowest BCUT2D eigenvalue weighted by atomic mass is 10.0. The first-order valence-corrected chi connectivity index (χ1v) is 6.80. The van der Waals surface area contributed by atoms with Gasteiger partial charge in [-0.2, -0.15) is 0 Å². The van der Waals surface area contributed by atoms with Crippen LogP contribution in [0, 0.1) is 0 Å². The zero-order valence-corrected chi connectivity index (χ0v) is 12.3. The predicted molar refractivity (Wildman–Crippen MR) is 80.8 cm³/mol. The van der Waals surface area contributed by atoms with Gasteiger partial charge in [0.15, 0.2) is 6.61 Å². The number of rotatable bonds is 4. The number of hydrogen-bond donors (Lipinski definition) is 3. The van der Waals surface area contributed by atoms with Crippen molar-refractivity contribution in [2.75, 3.05) is 6.61 Å². The van der Waals surface area contributed by atoms with Crippen LogP contribution in [0.4, 0.5) is 0 Å². The van der Waals surface area contributed by atoms with Crippen molar-refractivity contribution >= 4 is 22.6 Å². The summed E-state index contributed by atoms with van der Waals surface area (Å²) in [4.78, 5) is 23.4. The molecule has 0 fully saturated rings. The van der Waals surface area contributed by atoms with Crippen LogP contribution in [0.3, 0.4) is 0 Å². The van der Waals surface area contributed by atoms with Gasteiger partial charge >= 0.3 is 5.97 Å². The minimum atomic E-state index is -0.877. The van der Waals surface area contributed by atoms with E-state index in [1.807, 2.05) is 0 Å². The third kappa shape index (κ3) is 3.28. The highest BCUT2D eigenvalue weighted by Crippen LogP contribution is 2.35. The normalized spacial score (nSPS) is 10.7. The molecule has 2 aromatic rings. The second kappa shape index (κ2) is 6.34. The van der Waals surface area contributed by atoms with Crippen LogP contribution >= 0.6 is 0 Å². The Hall–Kier alpha value is -2.76. The number of benzene rings is 2. The van der Waals surface area contributed by atoms with Crippen LogP contribution in [-0.4, -0.2) is 34.7 Å². The summed E-state index contributed by atoms with van der Waals surface area (Å²) in [6.45, 7) is 3.11. The van der Waals surface area contributed by atoms with Gasteiger partial charge in [-0.1, -0.05) is 24.3 Å². The summed E-state index contributed by atoms with van der Waals surface area (Å²) in [6, 6.07) is 7.63. The largest absolute Gasteiger partial charge is 0.507 e. The Morgan fingerprint density at radius 2 is 1.82 bits per heavy atom. The van der Waals surface area contributed by atoms with E-state index in [0.29, 0.717) is 10.8 Å². The fraction of sp³-hybridized carbons (Fsp3) is 0.250. The number of ether oxygens (including phenoxy) is 1. The summed E-state index contributed by atoms with van der Waals surface area (Å²) >= 11 is 0. The van der Waals surface area contributed by atoms with Gasteiger partial charge < -0.3 is 20.3 Å². The monoisotopic (exact) mass is 303 g/mol. The van der Waals surface area contributed by atoms with Gasteiger partial charge in [-0.3, -0.25) is 4.79 Å². The van der Waals surface area contributed by atoms with Gasteiger partial charge in [-0.15, -0.1) is 0 Å². The molecule has 0 aliphatic rings. The third-order valence-electron chi connectivity index (χ3n) is 3.00. The van der Waals surface area contributed by atoms with Gasteiger partial charge in [0.1, 0.15) is 17.1 Å². The molecule has 3 N–H and O–H groups in total. The zero-order valence-electron chi connectivity index (χ0n) is 12.3. The fourth-order valence-electron chi connectivity index (χ4n) is 2.07. The van der Waals surface area contributed by atoms with Gasteiger partial charge in [0.2, 0.25) is 0 Å². The molecule has 0 unspecified atom stereocenters. The van der Waals surface area contributed by atoms with Gasteiger partial charge in [0.05, 0.1) is 0 Å². The number of phenols is 2. The molecule has 2 aromatic carbocycles. The Morgan fingerprint density at radius 1 is 1.18 bits per heavy atom. The number of hydrogen-bond acceptors (Lipinski definition) is 5. The van der Waals surface area contributed by atoms with Crippen LogP contribution in [0.1, 0.15) is 24.2 Å².